The van der Waals surface area contributed by atoms with E-state index in [2.05, 4.69) is 15.2 Å². The van der Waals surface area contributed by atoms with E-state index < -0.39 is 55.9 Å². The molecule has 1 aliphatic heterocycles. The fourth-order valence-corrected chi connectivity index (χ4v) is 6.71. The van der Waals surface area contributed by atoms with Crippen LogP contribution in [0.2, 0.25) is 0 Å². The number of carbonyl (C=O) groups is 1. The van der Waals surface area contributed by atoms with Gasteiger partial charge in [0.1, 0.15) is 48.6 Å². The lowest BCUT2D eigenvalue weighted by atomic mass is 9.92. The van der Waals surface area contributed by atoms with E-state index in [9.17, 15) is 24.0 Å². The van der Waals surface area contributed by atoms with Gasteiger partial charge in [0.25, 0.3) is 0 Å². The van der Waals surface area contributed by atoms with Gasteiger partial charge in [-0.05, 0) is 43.0 Å². The number of hydrogen-bond acceptors (Lipinski definition) is 11. The Hall–Kier alpha value is -3.13. The molecule has 0 spiro atoms. The average Bonchev–Trinajstić information content (AvgIpc) is 3.22. The lowest BCUT2D eigenvalue weighted by molar-refractivity contribution is -0.148. The van der Waals surface area contributed by atoms with Crippen molar-refractivity contribution < 1.29 is 42.5 Å². The highest BCUT2D eigenvalue weighted by molar-refractivity contribution is 7.52. The van der Waals surface area contributed by atoms with Gasteiger partial charge < -0.3 is 29.9 Å². The molecule has 1 aliphatic carbocycles. The van der Waals surface area contributed by atoms with E-state index >= 15 is 0 Å². The number of hydrogen-bond donors (Lipinski definition) is 4. The topological polar surface area (TPSA) is 180 Å². The molecule has 3 heterocycles. The van der Waals surface area contributed by atoms with Crippen molar-refractivity contribution in [2.45, 2.75) is 69.7 Å². The van der Waals surface area contributed by atoms with E-state index in [1.54, 1.807) is 30.3 Å². The molecular formula is C27H35FN5O8P. The highest BCUT2D eigenvalue weighted by Gasteiger charge is 2.89. The van der Waals surface area contributed by atoms with Gasteiger partial charge in [0.15, 0.2) is 17.0 Å². The van der Waals surface area contributed by atoms with E-state index in [4.69, 9.17) is 24.3 Å². The van der Waals surface area contributed by atoms with Gasteiger partial charge in [0.05, 0.1) is 12.3 Å². The number of benzene rings is 1. The van der Waals surface area contributed by atoms with E-state index in [-0.39, 0.29) is 29.3 Å². The first kappa shape index (κ1) is 30.3. The van der Waals surface area contributed by atoms with Crippen LogP contribution in [0.1, 0.15) is 45.9 Å². The molecule has 42 heavy (non-hydrogen) atoms. The molecule has 1 unspecified atom stereocenters. The minimum Gasteiger partial charge on any atom is -0.464 e. The molecule has 2 aromatic heterocycles. The number of nitrogens with one attached hydrogen (secondary N) is 1. The highest BCUT2D eigenvalue weighted by Crippen LogP contribution is 2.68. The summed E-state index contributed by atoms with van der Waals surface area (Å²) in [5, 5.41) is 29.4. The van der Waals surface area contributed by atoms with Gasteiger partial charge in [-0.15, -0.1) is 0 Å². The number of esters is 1. The number of aromatic nitrogens is 3. The molecule has 7 atom stereocenters. The van der Waals surface area contributed by atoms with Crippen molar-refractivity contribution in [1.29, 1.82) is 0 Å². The SMILES string of the molecule is CCC(C)(C)COC(=O)[C@H](C)N[P@@](=O)(Oc1ccccc1)OC1[C@@]2(CF)O[C@@H](c3ccc4c(N)ncnn34)[C@H](O)[C@@]12O. The number of alkyl halides is 1. The summed E-state index contributed by atoms with van der Waals surface area (Å²) in [6, 6.07) is 9.94. The Morgan fingerprint density at radius 3 is 2.67 bits per heavy atom. The Morgan fingerprint density at radius 1 is 1.31 bits per heavy atom. The zero-order chi connectivity index (χ0) is 30.5. The zero-order valence-corrected chi connectivity index (χ0v) is 24.5. The first-order valence-corrected chi connectivity index (χ1v) is 15.0. The van der Waals surface area contributed by atoms with Crippen LogP contribution in [0.4, 0.5) is 10.2 Å². The van der Waals surface area contributed by atoms with Gasteiger partial charge in [-0.25, -0.2) is 18.5 Å². The number of halogens is 1. The molecule has 1 saturated carbocycles. The fourth-order valence-electron chi connectivity index (χ4n) is 4.97. The number of anilines is 1. The number of rotatable bonds is 12. The number of aliphatic hydroxyl groups excluding tert-OH is 1. The van der Waals surface area contributed by atoms with Gasteiger partial charge >= 0.3 is 13.7 Å². The van der Waals surface area contributed by atoms with Gasteiger partial charge in [0, 0.05) is 0 Å². The minimum absolute atomic E-state index is 0.115. The van der Waals surface area contributed by atoms with Crippen molar-refractivity contribution in [1.82, 2.24) is 19.7 Å². The second-order valence-electron chi connectivity index (χ2n) is 11.4. The van der Waals surface area contributed by atoms with Gasteiger partial charge in [-0.2, -0.15) is 10.2 Å². The Labute approximate surface area is 241 Å². The van der Waals surface area contributed by atoms with Crippen LogP contribution in [0.3, 0.4) is 0 Å². The maximum Gasteiger partial charge on any atom is 0.459 e. The number of aliphatic hydroxyl groups is 2. The van der Waals surface area contributed by atoms with Crippen molar-refractivity contribution in [3.8, 4) is 5.75 Å². The Kier molecular flexibility index (Phi) is 7.84. The fraction of sp³-hybridized carbons (Fsp3) is 0.519. The van der Waals surface area contributed by atoms with E-state index in [1.165, 1.54) is 29.9 Å². The summed E-state index contributed by atoms with van der Waals surface area (Å²) in [7, 11) is -4.53. The van der Waals surface area contributed by atoms with Crippen LogP contribution in [0.5, 0.6) is 5.75 Å². The highest BCUT2D eigenvalue weighted by atomic mass is 31.2. The number of nitrogen functional groups attached to an aromatic ring is 1. The monoisotopic (exact) mass is 607 g/mol. The molecule has 1 saturated heterocycles. The second-order valence-corrected chi connectivity index (χ2v) is 13.0. The van der Waals surface area contributed by atoms with Crippen LogP contribution >= 0.6 is 7.75 Å². The van der Waals surface area contributed by atoms with Crippen LogP contribution in [0.15, 0.2) is 48.8 Å². The normalized spacial score (nSPS) is 29.1. The second kappa shape index (κ2) is 10.9. The van der Waals surface area contributed by atoms with Crippen molar-refractivity contribution in [2.24, 2.45) is 5.41 Å². The van der Waals surface area contributed by atoms with Gasteiger partial charge in [-0.3, -0.25) is 9.32 Å². The first-order chi connectivity index (χ1) is 19.8. The lowest BCUT2D eigenvalue weighted by Crippen LogP contribution is -2.39. The van der Waals surface area contributed by atoms with Gasteiger partial charge in [-0.1, -0.05) is 39.0 Å². The molecule has 5 rings (SSSR count). The average molecular weight is 608 g/mol. The van der Waals surface area contributed by atoms with E-state index in [0.717, 1.165) is 6.42 Å². The van der Waals surface area contributed by atoms with Crippen LogP contribution in [0, 0.1) is 5.41 Å². The molecule has 1 aromatic carbocycles. The molecule has 0 radical (unpaired) electrons. The predicted molar refractivity (Wildman–Crippen MR) is 148 cm³/mol. The standard InChI is InChI=1S/C27H35FN5O8P/c1-5-25(3,4)14-38-23(35)16(2)32-42(37,40-17-9-7-6-8-10-17)41-24-26(13-28)27(24,36)21(34)20(39-26)18-11-12-19-22(29)30-15-31-33(18)19/h6-12,15-16,20-21,24,34,36H,5,13-14H2,1-4H3,(H,32,37)(H2,29,30,31)/t16-,20-,21-,24?,26+,27+,42+/m0/s1. The summed E-state index contributed by atoms with van der Waals surface area (Å²) in [6.07, 6.45) is -2.62. The summed E-state index contributed by atoms with van der Waals surface area (Å²) < 4.78 is 52.8. The number of nitrogens with zero attached hydrogens (tertiary/aromatic N) is 3. The summed E-state index contributed by atoms with van der Waals surface area (Å²) >= 11 is 0. The molecule has 0 bridgehead atoms. The van der Waals surface area contributed by atoms with Crippen molar-refractivity contribution >= 4 is 25.1 Å². The quantitative estimate of drug-likeness (QED) is 0.175. The predicted octanol–water partition coefficient (Wildman–Crippen LogP) is 2.73. The van der Waals surface area contributed by atoms with E-state index in [1.807, 2.05) is 20.8 Å². The summed E-state index contributed by atoms with van der Waals surface area (Å²) in [6.45, 7) is 6.07. The van der Waals surface area contributed by atoms with Crippen LogP contribution < -0.4 is 15.3 Å². The van der Waals surface area contributed by atoms with Gasteiger partial charge in [0.2, 0.25) is 0 Å². The number of para-hydroxylation sites is 1. The number of nitrogens with two attached hydrogens (primary N) is 1. The summed E-state index contributed by atoms with van der Waals surface area (Å²) in [4.78, 5) is 16.7. The third kappa shape index (κ3) is 5.06. The molecule has 13 nitrogen and oxygen atoms in total. The van der Waals surface area contributed by atoms with Crippen LogP contribution in [-0.2, 0) is 23.4 Å². The van der Waals surface area contributed by atoms with Crippen molar-refractivity contribution in [3.05, 3.63) is 54.5 Å². The van der Waals surface area contributed by atoms with Crippen molar-refractivity contribution in [2.75, 3.05) is 19.0 Å². The Morgan fingerprint density at radius 2 is 2.02 bits per heavy atom. The maximum absolute atomic E-state index is 14.7. The molecule has 2 fully saturated rings. The summed E-state index contributed by atoms with van der Waals surface area (Å²) in [5.74, 6) is -0.431. The summed E-state index contributed by atoms with van der Waals surface area (Å²) in [5.41, 5.74) is 1.92. The first-order valence-electron chi connectivity index (χ1n) is 13.5. The zero-order valence-electron chi connectivity index (χ0n) is 23.6. The molecular weight excluding hydrogens is 572 g/mol. The number of carbonyl (C=O) groups excluding carboxylic acids is 1. The largest absolute Gasteiger partial charge is 0.464 e. The lowest BCUT2D eigenvalue weighted by Gasteiger charge is -2.27. The third-order valence-corrected chi connectivity index (χ3v) is 9.62. The molecule has 15 heteroatoms. The Bertz CT molecular complexity index is 1500. The third-order valence-electron chi connectivity index (χ3n) is 7.97. The molecule has 3 aromatic rings. The number of fused-ring (bicyclic) bond motifs is 2. The maximum atomic E-state index is 14.7. The smallest absolute Gasteiger partial charge is 0.459 e. The minimum atomic E-state index is -4.53. The van der Waals surface area contributed by atoms with Crippen LogP contribution in [-0.4, -0.2) is 73.5 Å². The van der Waals surface area contributed by atoms with Crippen LogP contribution in [0.25, 0.3) is 5.52 Å². The molecule has 0 amide bonds. The molecule has 2 aliphatic rings. The Balaban J connectivity index is 1.38. The molecule has 5 N–H and O–H groups in total. The van der Waals surface area contributed by atoms with Crippen molar-refractivity contribution in [3.63, 3.8) is 0 Å². The van der Waals surface area contributed by atoms with E-state index in [0.29, 0.717) is 5.52 Å². The number of ether oxygens (including phenoxy) is 2. The molecule has 228 valence electrons.